The van der Waals surface area contributed by atoms with E-state index in [1.165, 1.54) is 45.2 Å². The predicted molar refractivity (Wildman–Crippen MR) is 67.5 cm³/mol. The van der Waals surface area contributed by atoms with Crippen molar-refractivity contribution in [1.82, 2.24) is 10.2 Å². The van der Waals surface area contributed by atoms with Gasteiger partial charge in [0.25, 0.3) is 0 Å². The summed E-state index contributed by atoms with van der Waals surface area (Å²) in [6.45, 7) is 7.50. The quantitative estimate of drug-likeness (QED) is 0.788. The maximum absolute atomic E-state index is 3.95. The molecule has 0 aromatic heterocycles. The molecular weight excluding hydrogens is 196 g/mol. The van der Waals surface area contributed by atoms with Gasteiger partial charge >= 0.3 is 0 Å². The van der Waals surface area contributed by atoms with Crippen molar-refractivity contribution in [3.05, 3.63) is 0 Å². The molecule has 92 valence electrons. The molecule has 1 saturated heterocycles. The smallest absolute Gasteiger partial charge is 0.0235 e. The number of nitrogens with one attached hydrogen (secondary N) is 1. The molecule has 3 fully saturated rings. The molecular formula is C14H26N2. The zero-order valence-electron chi connectivity index (χ0n) is 10.8. The molecule has 2 aliphatic carbocycles. The monoisotopic (exact) mass is 222 g/mol. The summed E-state index contributed by atoms with van der Waals surface area (Å²) in [5, 5.41) is 3.95. The molecule has 0 spiro atoms. The summed E-state index contributed by atoms with van der Waals surface area (Å²) in [4.78, 5) is 2.72. The molecule has 3 aliphatic rings. The summed E-state index contributed by atoms with van der Waals surface area (Å²) in [5.41, 5.74) is 0. The van der Waals surface area contributed by atoms with Gasteiger partial charge in [-0.1, -0.05) is 20.3 Å². The lowest BCUT2D eigenvalue weighted by Crippen LogP contribution is -2.43. The Hall–Kier alpha value is -0.0800. The predicted octanol–water partition coefficient (Wildman–Crippen LogP) is 2.25. The van der Waals surface area contributed by atoms with E-state index in [1.54, 1.807) is 0 Å². The van der Waals surface area contributed by atoms with Gasteiger partial charge in [0.15, 0.2) is 0 Å². The first-order valence-corrected chi connectivity index (χ1v) is 7.24. The van der Waals surface area contributed by atoms with Crippen LogP contribution in [-0.4, -0.2) is 36.1 Å². The van der Waals surface area contributed by atoms with Gasteiger partial charge in [0, 0.05) is 31.2 Å². The van der Waals surface area contributed by atoms with Crippen molar-refractivity contribution in [3.63, 3.8) is 0 Å². The fraction of sp³-hybridized carbons (Fsp3) is 1.00. The fourth-order valence-corrected chi connectivity index (χ4v) is 3.63. The van der Waals surface area contributed by atoms with Gasteiger partial charge in [-0.2, -0.15) is 0 Å². The van der Waals surface area contributed by atoms with E-state index in [-0.39, 0.29) is 0 Å². The molecule has 4 atom stereocenters. The zero-order chi connectivity index (χ0) is 11.1. The van der Waals surface area contributed by atoms with Crippen molar-refractivity contribution in [2.75, 3.05) is 13.1 Å². The van der Waals surface area contributed by atoms with E-state index in [9.17, 15) is 0 Å². The van der Waals surface area contributed by atoms with E-state index < -0.39 is 0 Å². The molecule has 0 amide bonds. The molecule has 3 rings (SSSR count). The van der Waals surface area contributed by atoms with Crippen LogP contribution in [0.25, 0.3) is 0 Å². The largest absolute Gasteiger partial charge is 0.309 e. The van der Waals surface area contributed by atoms with Gasteiger partial charge in [-0.25, -0.2) is 0 Å². The van der Waals surface area contributed by atoms with E-state index in [0.717, 1.165) is 30.0 Å². The Labute approximate surface area is 99.8 Å². The molecule has 0 aromatic rings. The van der Waals surface area contributed by atoms with Crippen LogP contribution >= 0.6 is 0 Å². The molecule has 2 heteroatoms. The van der Waals surface area contributed by atoms with Crippen LogP contribution in [0.2, 0.25) is 0 Å². The lowest BCUT2D eigenvalue weighted by atomic mass is 10.0. The Morgan fingerprint density at radius 2 is 1.69 bits per heavy atom. The van der Waals surface area contributed by atoms with Gasteiger partial charge < -0.3 is 5.32 Å². The van der Waals surface area contributed by atoms with Crippen LogP contribution in [0.5, 0.6) is 0 Å². The summed E-state index contributed by atoms with van der Waals surface area (Å²) in [7, 11) is 0. The third kappa shape index (κ3) is 2.14. The van der Waals surface area contributed by atoms with Gasteiger partial charge in [-0.3, -0.25) is 4.90 Å². The van der Waals surface area contributed by atoms with E-state index in [2.05, 4.69) is 24.1 Å². The number of nitrogens with zero attached hydrogens (tertiary/aromatic N) is 1. The zero-order valence-corrected chi connectivity index (χ0v) is 10.8. The fourth-order valence-electron chi connectivity index (χ4n) is 3.63. The summed E-state index contributed by atoms with van der Waals surface area (Å²) in [6, 6.07) is 2.54. The molecule has 4 unspecified atom stereocenters. The minimum atomic E-state index is 0.770. The third-order valence-electron chi connectivity index (χ3n) is 4.99. The molecule has 0 aromatic carbocycles. The number of rotatable bonds is 3. The molecule has 1 aliphatic heterocycles. The van der Waals surface area contributed by atoms with E-state index >= 15 is 0 Å². The second kappa shape index (κ2) is 4.30. The normalized spacial score (nSPS) is 45.4. The van der Waals surface area contributed by atoms with E-state index in [4.69, 9.17) is 0 Å². The van der Waals surface area contributed by atoms with Gasteiger partial charge in [0.2, 0.25) is 0 Å². The second-order valence-electron chi connectivity index (χ2n) is 6.45. The molecule has 1 N–H and O–H groups in total. The standard InChI is InChI=1S/C14H26N2/c1-10-4-3-5-13(10)15-14-9-16(8-11(14)2)12-6-7-12/h10-15H,3-9H2,1-2H3. The minimum Gasteiger partial charge on any atom is -0.309 e. The first-order valence-electron chi connectivity index (χ1n) is 7.24. The van der Waals surface area contributed by atoms with E-state index in [0.29, 0.717) is 0 Å². The summed E-state index contributed by atoms with van der Waals surface area (Å²) in [6.07, 6.45) is 7.20. The van der Waals surface area contributed by atoms with Crippen LogP contribution < -0.4 is 5.32 Å². The lowest BCUT2D eigenvalue weighted by molar-refractivity contribution is 0.305. The van der Waals surface area contributed by atoms with Crippen LogP contribution in [0.3, 0.4) is 0 Å². The molecule has 2 nitrogen and oxygen atoms in total. The minimum absolute atomic E-state index is 0.770. The molecule has 1 heterocycles. The highest BCUT2D eigenvalue weighted by atomic mass is 15.2. The van der Waals surface area contributed by atoms with Gasteiger partial charge in [-0.05, 0) is 37.5 Å². The number of hydrogen-bond acceptors (Lipinski definition) is 2. The SMILES string of the molecule is CC1CCCC1NC1CN(C2CC2)CC1C. The second-order valence-corrected chi connectivity index (χ2v) is 6.45. The number of hydrogen-bond donors (Lipinski definition) is 1. The van der Waals surface area contributed by atoms with Crippen molar-refractivity contribution >= 4 is 0 Å². The van der Waals surface area contributed by atoms with Crippen molar-refractivity contribution in [1.29, 1.82) is 0 Å². The maximum atomic E-state index is 3.95. The average molecular weight is 222 g/mol. The molecule has 0 radical (unpaired) electrons. The Morgan fingerprint density at radius 3 is 2.31 bits per heavy atom. The van der Waals surface area contributed by atoms with Crippen molar-refractivity contribution in [3.8, 4) is 0 Å². The van der Waals surface area contributed by atoms with Crippen LogP contribution in [0, 0.1) is 11.8 Å². The Bertz CT molecular complexity index is 249. The van der Waals surface area contributed by atoms with Crippen molar-refractivity contribution < 1.29 is 0 Å². The van der Waals surface area contributed by atoms with Crippen molar-refractivity contribution in [2.45, 2.75) is 64.1 Å². The molecule has 2 saturated carbocycles. The first-order chi connectivity index (χ1) is 7.74. The molecule has 0 bridgehead atoms. The Kier molecular flexibility index (Phi) is 2.97. The van der Waals surface area contributed by atoms with Crippen molar-refractivity contribution in [2.24, 2.45) is 11.8 Å². The summed E-state index contributed by atoms with van der Waals surface area (Å²) < 4.78 is 0. The average Bonchev–Trinajstić information content (AvgIpc) is 2.94. The highest BCUT2D eigenvalue weighted by Gasteiger charge is 2.39. The van der Waals surface area contributed by atoms with Gasteiger partial charge in [-0.15, -0.1) is 0 Å². The van der Waals surface area contributed by atoms with E-state index in [1.807, 2.05) is 0 Å². The molecule has 16 heavy (non-hydrogen) atoms. The van der Waals surface area contributed by atoms with Crippen LogP contribution in [0.15, 0.2) is 0 Å². The topological polar surface area (TPSA) is 15.3 Å². The highest BCUT2D eigenvalue weighted by Crippen LogP contribution is 2.33. The lowest BCUT2D eigenvalue weighted by Gasteiger charge is -2.25. The summed E-state index contributed by atoms with van der Waals surface area (Å²) >= 11 is 0. The van der Waals surface area contributed by atoms with Crippen LogP contribution in [0.4, 0.5) is 0 Å². The maximum Gasteiger partial charge on any atom is 0.0235 e. The Balaban J connectivity index is 1.54. The third-order valence-corrected chi connectivity index (χ3v) is 4.99. The first kappa shape index (κ1) is 11.0. The van der Waals surface area contributed by atoms with Gasteiger partial charge in [0.1, 0.15) is 0 Å². The highest BCUT2D eigenvalue weighted by molar-refractivity contribution is 4.96. The Morgan fingerprint density at radius 1 is 0.875 bits per heavy atom. The number of likely N-dealkylation sites (tertiary alicyclic amines) is 1. The van der Waals surface area contributed by atoms with Crippen LogP contribution in [0.1, 0.15) is 46.0 Å². The van der Waals surface area contributed by atoms with Gasteiger partial charge in [0.05, 0.1) is 0 Å². The van der Waals surface area contributed by atoms with Crippen LogP contribution in [-0.2, 0) is 0 Å². The summed E-state index contributed by atoms with van der Waals surface area (Å²) in [5.74, 6) is 1.76.